The van der Waals surface area contributed by atoms with Crippen LogP contribution in [0.15, 0.2) is 30.3 Å². The first-order valence-corrected chi connectivity index (χ1v) is 7.86. The number of amides is 1. The summed E-state index contributed by atoms with van der Waals surface area (Å²) in [5.74, 6) is 0. The lowest BCUT2D eigenvalue weighted by atomic mass is 9.73. The Balaban J connectivity index is 2.06. The standard InChI is InChI=1S/C18H23FN2O2/c1-17(2,3)23-16(22)21-11-9-18(13-20,10-12-21)15(19)14-7-5-4-6-8-14/h4-8,15H,9-12H2,1-3H3. The van der Waals surface area contributed by atoms with Crippen molar-refractivity contribution in [3.63, 3.8) is 0 Å². The van der Waals surface area contributed by atoms with Gasteiger partial charge in [0, 0.05) is 13.1 Å². The van der Waals surface area contributed by atoms with E-state index in [0.717, 1.165) is 0 Å². The van der Waals surface area contributed by atoms with Crippen LogP contribution in [-0.4, -0.2) is 29.7 Å². The summed E-state index contributed by atoms with van der Waals surface area (Å²) in [5, 5.41) is 9.56. The van der Waals surface area contributed by atoms with Gasteiger partial charge in [-0.15, -0.1) is 0 Å². The Morgan fingerprint density at radius 2 is 1.87 bits per heavy atom. The third-order valence-electron chi connectivity index (χ3n) is 4.11. The Morgan fingerprint density at radius 1 is 1.30 bits per heavy atom. The predicted octanol–water partition coefficient (Wildman–Crippen LogP) is 4.24. The van der Waals surface area contributed by atoms with Crippen molar-refractivity contribution in [2.45, 2.75) is 45.4 Å². The zero-order chi connectivity index (χ0) is 17.1. The quantitative estimate of drug-likeness (QED) is 0.819. The Labute approximate surface area is 136 Å². The van der Waals surface area contributed by atoms with E-state index in [4.69, 9.17) is 4.74 Å². The van der Waals surface area contributed by atoms with Crippen LogP contribution in [0.1, 0.15) is 45.3 Å². The lowest BCUT2D eigenvalue weighted by Gasteiger charge is -2.39. The molecule has 1 aromatic rings. The van der Waals surface area contributed by atoms with Gasteiger partial charge in [-0.3, -0.25) is 0 Å². The fraction of sp³-hybridized carbons (Fsp3) is 0.556. The highest BCUT2D eigenvalue weighted by molar-refractivity contribution is 5.68. The number of nitrogens with zero attached hydrogens (tertiary/aromatic N) is 2. The molecule has 1 amide bonds. The van der Waals surface area contributed by atoms with Crippen LogP contribution < -0.4 is 0 Å². The summed E-state index contributed by atoms with van der Waals surface area (Å²) in [4.78, 5) is 13.6. The summed E-state index contributed by atoms with van der Waals surface area (Å²) in [6.45, 7) is 6.08. The Kier molecular flexibility index (Phi) is 4.93. The van der Waals surface area contributed by atoms with E-state index in [9.17, 15) is 14.4 Å². The van der Waals surface area contributed by atoms with E-state index in [1.165, 1.54) is 0 Å². The topological polar surface area (TPSA) is 53.3 Å². The van der Waals surface area contributed by atoms with Crippen LogP contribution in [0.2, 0.25) is 0 Å². The minimum absolute atomic E-state index is 0.304. The highest BCUT2D eigenvalue weighted by Gasteiger charge is 2.44. The molecule has 1 aliphatic heterocycles. The van der Waals surface area contributed by atoms with E-state index >= 15 is 0 Å². The average molecular weight is 318 g/mol. The molecule has 0 spiro atoms. The lowest BCUT2D eigenvalue weighted by Crippen LogP contribution is -2.46. The number of nitriles is 1. The van der Waals surface area contributed by atoms with Gasteiger partial charge in [0.2, 0.25) is 0 Å². The van der Waals surface area contributed by atoms with E-state index in [1.807, 2.05) is 6.07 Å². The Bertz CT molecular complexity index is 581. The molecule has 23 heavy (non-hydrogen) atoms. The Hall–Kier alpha value is -2.09. The van der Waals surface area contributed by atoms with Gasteiger partial charge in [0.05, 0.1) is 11.5 Å². The summed E-state index contributed by atoms with van der Waals surface area (Å²) in [7, 11) is 0. The summed E-state index contributed by atoms with van der Waals surface area (Å²) in [5.41, 5.74) is -1.13. The second-order valence-electron chi connectivity index (χ2n) is 7.01. The third kappa shape index (κ3) is 4.01. The van der Waals surface area contributed by atoms with Gasteiger partial charge in [-0.1, -0.05) is 30.3 Å². The van der Waals surface area contributed by atoms with Gasteiger partial charge >= 0.3 is 6.09 Å². The number of rotatable bonds is 2. The van der Waals surface area contributed by atoms with E-state index in [0.29, 0.717) is 31.5 Å². The van der Waals surface area contributed by atoms with Gasteiger partial charge in [-0.05, 0) is 39.2 Å². The molecule has 2 rings (SSSR count). The molecule has 1 saturated heterocycles. The maximum atomic E-state index is 14.9. The van der Waals surface area contributed by atoms with E-state index in [1.54, 1.807) is 49.9 Å². The zero-order valence-corrected chi connectivity index (χ0v) is 13.9. The highest BCUT2D eigenvalue weighted by Crippen LogP contribution is 2.45. The normalized spacial score (nSPS) is 18.8. The lowest BCUT2D eigenvalue weighted by molar-refractivity contribution is 0.00602. The van der Waals surface area contributed by atoms with Crippen LogP contribution in [0.5, 0.6) is 0 Å². The molecule has 0 aliphatic carbocycles. The van der Waals surface area contributed by atoms with Crippen molar-refractivity contribution in [2.75, 3.05) is 13.1 Å². The van der Waals surface area contributed by atoms with Crippen LogP contribution in [-0.2, 0) is 4.74 Å². The first kappa shape index (κ1) is 17.3. The van der Waals surface area contributed by atoms with E-state index < -0.39 is 23.3 Å². The molecule has 1 unspecified atom stereocenters. The molecule has 124 valence electrons. The van der Waals surface area contributed by atoms with Crippen molar-refractivity contribution < 1.29 is 13.9 Å². The van der Waals surface area contributed by atoms with Crippen LogP contribution in [0.3, 0.4) is 0 Å². The number of carbonyl (C=O) groups is 1. The molecule has 0 bridgehead atoms. The maximum Gasteiger partial charge on any atom is 0.410 e. The van der Waals surface area contributed by atoms with Crippen molar-refractivity contribution in [3.8, 4) is 6.07 Å². The number of ether oxygens (including phenoxy) is 1. The number of hydrogen-bond acceptors (Lipinski definition) is 3. The molecule has 1 aromatic carbocycles. The summed E-state index contributed by atoms with van der Waals surface area (Å²) in [6, 6.07) is 10.9. The zero-order valence-electron chi connectivity index (χ0n) is 13.9. The second kappa shape index (κ2) is 6.57. The van der Waals surface area contributed by atoms with E-state index in [-0.39, 0.29) is 0 Å². The number of likely N-dealkylation sites (tertiary alicyclic amines) is 1. The van der Waals surface area contributed by atoms with Crippen molar-refractivity contribution in [3.05, 3.63) is 35.9 Å². The molecule has 0 aromatic heterocycles. The molecule has 1 aliphatic rings. The van der Waals surface area contributed by atoms with Crippen molar-refractivity contribution >= 4 is 6.09 Å². The number of hydrogen-bond donors (Lipinski definition) is 0. The molecule has 0 N–H and O–H groups in total. The first-order valence-electron chi connectivity index (χ1n) is 7.86. The summed E-state index contributed by atoms with van der Waals surface area (Å²) >= 11 is 0. The summed E-state index contributed by atoms with van der Waals surface area (Å²) < 4.78 is 20.3. The predicted molar refractivity (Wildman–Crippen MR) is 85.4 cm³/mol. The van der Waals surface area contributed by atoms with Crippen molar-refractivity contribution in [1.82, 2.24) is 4.90 Å². The molecular formula is C18H23FN2O2. The van der Waals surface area contributed by atoms with Crippen molar-refractivity contribution in [2.24, 2.45) is 5.41 Å². The molecule has 4 nitrogen and oxygen atoms in total. The highest BCUT2D eigenvalue weighted by atomic mass is 19.1. The van der Waals surface area contributed by atoms with Gasteiger partial charge in [-0.25, -0.2) is 9.18 Å². The van der Waals surface area contributed by atoms with Gasteiger partial charge in [0.1, 0.15) is 11.8 Å². The molecule has 5 heteroatoms. The number of benzene rings is 1. The fourth-order valence-electron chi connectivity index (χ4n) is 2.78. The fourth-order valence-corrected chi connectivity index (χ4v) is 2.78. The van der Waals surface area contributed by atoms with Gasteiger partial charge in [0.25, 0.3) is 0 Å². The molecule has 0 saturated carbocycles. The van der Waals surface area contributed by atoms with Crippen LogP contribution >= 0.6 is 0 Å². The van der Waals surface area contributed by atoms with Crippen LogP contribution in [0.4, 0.5) is 9.18 Å². The molecule has 1 fully saturated rings. The minimum atomic E-state index is -1.35. The summed E-state index contributed by atoms with van der Waals surface area (Å²) in [6.07, 6.45) is -1.15. The maximum absolute atomic E-state index is 14.9. The first-order chi connectivity index (χ1) is 10.8. The number of piperidine rings is 1. The SMILES string of the molecule is CC(C)(C)OC(=O)N1CCC(C#N)(C(F)c2ccccc2)CC1. The molecular weight excluding hydrogens is 295 g/mol. The second-order valence-corrected chi connectivity index (χ2v) is 7.01. The van der Waals surface area contributed by atoms with Crippen LogP contribution in [0, 0.1) is 16.7 Å². The van der Waals surface area contributed by atoms with Crippen molar-refractivity contribution in [1.29, 1.82) is 5.26 Å². The Morgan fingerprint density at radius 3 is 2.35 bits per heavy atom. The molecule has 1 heterocycles. The van der Waals surface area contributed by atoms with Gasteiger partial charge < -0.3 is 9.64 Å². The van der Waals surface area contributed by atoms with Gasteiger partial charge in [-0.2, -0.15) is 5.26 Å². The average Bonchev–Trinajstić information content (AvgIpc) is 2.53. The monoisotopic (exact) mass is 318 g/mol. The largest absolute Gasteiger partial charge is 0.444 e. The van der Waals surface area contributed by atoms with E-state index in [2.05, 4.69) is 6.07 Å². The number of carbonyl (C=O) groups excluding carboxylic acids is 1. The third-order valence-corrected chi connectivity index (χ3v) is 4.11. The molecule has 0 radical (unpaired) electrons. The number of halogens is 1. The smallest absolute Gasteiger partial charge is 0.410 e. The van der Waals surface area contributed by atoms with Gasteiger partial charge in [0.15, 0.2) is 0 Å². The molecule has 1 atom stereocenters. The minimum Gasteiger partial charge on any atom is -0.444 e. The number of alkyl halides is 1. The van der Waals surface area contributed by atoms with Crippen LogP contribution in [0.25, 0.3) is 0 Å².